The third-order valence-electron chi connectivity index (χ3n) is 4.21. The van der Waals surface area contributed by atoms with Crippen LogP contribution in [-0.4, -0.2) is 40.0 Å². The van der Waals surface area contributed by atoms with Crippen molar-refractivity contribution < 1.29 is 0 Å². The molecule has 2 rings (SSSR count). The summed E-state index contributed by atoms with van der Waals surface area (Å²) in [5.74, 6) is 1.57. The van der Waals surface area contributed by atoms with Crippen LogP contribution in [-0.2, 0) is 6.54 Å². The van der Waals surface area contributed by atoms with Gasteiger partial charge in [-0.2, -0.15) is 0 Å². The molecule has 2 atom stereocenters. The number of hydrogen-bond acceptors (Lipinski definition) is 4. The molecule has 0 aromatic carbocycles. The molecule has 1 saturated heterocycles. The smallest absolute Gasteiger partial charge is 0.142 e. The molecule has 1 aromatic rings. The molecule has 112 valence electrons. The molecule has 0 saturated carbocycles. The quantitative estimate of drug-likeness (QED) is 0.920. The summed E-state index contributed by atoms with van der Waals surface area (Å²) >= 11 is 0. The van der Waals surface area contributed by atoms with Gasteiger partial charge in [0, 0.05) is 37.6 Å². The third-order valence-corrected chi connectivity index (χ3v) is 4.21. The largest absolute Gasteiger partial charge is 0.311 e. The van der Waals surface area contributed by atoms with Gasteiger partial charge in [-0.25, -0.2) is 9.97 Å². The number of rotatable bonds is 3. The van der Waals surface area contributed by atoms with Crippen LogP contribution in [0.5, 0.6) is 0 Å². The normalized spacial score (nSPS) is 25.1. The topological polar surface area (TPSA) is 41.1 Å². The lowest BCUT2D eigenvalue weighted by atomic mass is 9.83. The Labute approximate surface area is 123 Å². The Hall–Kier alpha value is -1.00. The van der Waals surface area contributed by atoms with Crippen molar-refractivity contribution in [2.24, 2.45) is 11.3 Å². The number of nitrogens with one attached hydrogen (secondary N) is 1. The second-order valence-corrected chi connectivity index (χ2v) is 7.24. The second kappa shape index (κ2) is 6.19. The van der Waals surface area contributed by atoms with Crippen LogP contribution in [0.25, 0.3) is 0 Å². The average molecular weight is 276 g/mol. The van der Waals surface area contributed by atoms with Crippen LogP contribution >= 0.6 is 0 Å². The molecule has 2 heterocycles. The molecule has 1 aromatic heterocycles. The zero-order chi connectivity index (χ0) is 14.8. The fraction of sp³-hybridized carbons (Fsp3) is 0.750. The van der Waals surface area contributed by atoms with Crippen LogP contribution in [0.4, 0.5) is 0 Å². The Morgan fingerprint density at radius 1 is 1.30 bits per heavy atom. The molecule has 0 radical (unpaired) electrons. The summed E-state index contributed by atoms with van der Waals surface area (Å²) in [6.07, 6.45) is 3.66. The van der Waals surface area contributed by atoms with E-state index in [1.807, 2.05) is 18.5 Å². The molecule has 0 aliphatic carbocycles. The highest BCUT2D eigenvalue weighted by Crippen LogP contribution is 2.28. The molecule has 1 aliphatic heterocycles. The van der Waals surface area contributed by atoms with Gasteiger partial charge in [0.2, 0.25) is 0 Å². The summed E-state index contributed by atoms with van der Waals surface area (Å²) in [4.78, 5) is 11.3. The van der Waals surface area contributed by atoms with Gasteiger partial charge in [-0.3, -0.25) is 4.90 Å². The van der Waals surface area contributed by atoms with Crippen LogP contribution in [0.15, 0.2) is 18.5 Å². The first kappa shape index (κ1) is 15.4. The van der Waals surface area contributed by atoms with Gasteiger partial charge in [0.1, 0.15) is 5.82 Å². The van der Waals surface area contributed by atoms with Gasteiger partial charge < -0.3 is 5.32 Å². The molecule has 4 nitrogen and oxygen atoms in total. The Bertz CT molecular complexity index is 410. The standard InChI is InChI=1S/C16H28N4/c1-12(2)13-10-20(11-15-17-7-6-8-18-15)14(9-19-13)16(3,4)5/h6-8,12-14,19H,9-11H2,1-5H3. The van der Waals surface area contributed by atoms with Crippen LogP contribution in [0.3, 0.4) is 0 Å². The first-order valence-corrected chi connectivity index (χ1v) is 7.61. The van der Waals surface area contributed by atoms with E-state index in [0.29, 0.717) is 18.0 Å². The molecule has 4 heteroatoms. The summed E-state index contributed by atoms with van der Waals surface area (Å²) in [6, 6.07) is 2.94. The van der Waals surface area contributed by atoms with Gasteiger partial charge in [0.05, 0.1) is 6.54 Å². The van der Waals surface area contributed by atoms with Crippen LogP contribution in [0.2, 0.25) is 0 Å². The van der Waals surface area contributed by atoms with Crippen molar-refractivity contribution >= 4 is 0 Å². The van der Waals surface area contributed by atoms with Crippen molar-refractivity contribution in [3.05, 3.63) is 24.3 Å². The van der Waals surface area contributed by atoms with Crippen molar-refractivity contribution in [3.63, 3.8) is 0 Å². The molecule has 0 amide bonds. The van der Waals surface area contributed by atoms with Crippen LogP contribution in [0.1, 0.15) is 40.4 Å². The van der Waals surface area contributed by atoms with Gasteiger partial charge >= 0.3 is 0 Å². The fourth-order valence-corrected chi connectivity index (χ4v) is 2.90. The monoisotopic (exact) mass is 276 g/mol. The molecule has 20 heavy (non-hydrogen) atoms. The molecular formula is C16H28N4. The average Bonchev–Trinajstić information content (AvgIpc) is 2.38. The number of nitrogens with zero attached hydrogens (tertiary/aromatic N) is 3. The minimum Gasteiger partial charge on any atom is -0.311 e. The first-order valence-electron chi connectivity index (χ1n) is 7.61. The third kappa shape index (κ3) is 3.76. The number of aromatic nitrogens is 2. The van der Waals surface area contributed by atoms with Gasteiger partial charge in [0.25, 0.3) is 0 Å². The van der Waals surface area contributed by atoms with E-state index >= 15 is 0 Å². The molecule has 1 aliphatic rings. The van der Waals surface area contributed by atoms with Crippen molar-refractivity contribution in [1.29, 1.82) is 0 Å². The summed E-state index contributed by atoms with van der Waals surface area (Å²) < 4.78 is 0. The van der Waals surface area contributed by atoms with E-state index < -0.39 is 0 Å². The Kier molecular flexibility index (Phi) is 4.76. The highest BCUT2D eigenvalue weighted by molar-refractivity contribution is 4.96. The van der Waals surface area contributed by atoms with Gasteiger partial charge in [0.15, 0.2) is 0 Å². The van der Waals surface area contributed by atoms with Crippen molar-refractivity contribution in [1.82, 2.24) is 20.2 Å². The SMILES string of the molecule is CC(C)C1CN(Cc2ncccn2)C(C(C)(C)C)CN1. The zero-order valence-corrected chi connectivity index (χ0v) is 13.4. The lowest BCUT2D eigenvalue weighted by Gasteiger charge is -2.47. The Morgan fingerprint density at radius 2 is 1.95 bits per heavy atom. The van der Waals surface area contributed by atoms with Crippen molar-refractivity contribution in [2.75, 3.05) is 13.1 Å². The van der Waals surface area contributed by atoms with Crippen molar-refractivity contribution in [2.45, 2.75) is 53.2 Å². The molecule has 0 bridgehead atoms. The van der Waals surface area contributed by atoms with Gasteiger partial charge in [-0.1, -0.05) is 34.6 Å². The molecule has 0 spiro atoms. The second-order valence-electron chi connectivity index (χ2n) is 7.24. The van der Waals surface area contributed by atoms with Crippen LogP contribution < -0.4 is 5.32 Å². The molecule has 2 unspecified atom stereocenters. The van der Waals surface area contributed by atoms with E-state index in [0.717, 1.165) is 25.5 Å². The van der Waals surface area contributed by atoms with E-state index in [4.69, 9.17) is 0 Å². The maximum atomic E-state index is 4.39. The summed E-state index contributed by atoms with van der Waals surface area (Å²) in [5, 5.41) is 3.71. The minimum absolute atomic E-state index is 0.254. The van der Waals surface area contributed by atoms with Gasteiger partial charge in [-0.05, 0) is 17.4 Å². The minimum atomic E-state index is 0.254. The predicted octanol–water partition coefficient (Wildman–Crippen LogP) is 2.32. The van der Waals surface area contributed by atoms with E-state index in [1.54, 1.807) is 0 Å². The van der Waals surface area contributed by atoms with E-state index in [9.17, 15) is 0 Å². The lowest BCUT2D eigenvalue weighted by Crippen LogP contribution is -2.61. The molecule has 1 fully saturated rings. The first-order chi connectivity index (χ1) is 9.38. The van der Waals surface area contributed by atoms with Crippen LogP contribution in [0, 0.1) is 11.3 Å². The summed E-state index contributed by atoms with van der Waals surface area (Å²) in [6.45, 7) is 14.5. The highest BCUT2D eigenvalue weighted by Gasteiger charge is 2.36. The summed E-state index contributed by atoms with van der Waals surface area (Å²) in [7, 11) is 0. The molecule has 1 N–H and O–H groups in total. The van der Waals surface area contributed by atoms with E-state index in [2.05, 4.69) is 54.8 Å². The van der Waals surface area contributed by atoms with Gasteiger partial charge in [-0.15, -0.1) is 0 Å². The number of piperazine rings is 1. The number of hydrogen-bond donors (Lipinski definition) is 1. The Morgan fingerprint density at radius 3 is 2.50 bits per heavy atom. The summed E-state index contributed by atoms with van der Waals surface area (Å²) in [5.41, 5.74) is 0.254. The maximum Gasteiger partial charge on any atom is 0.142 e. The van der Waals surface area contributed by atoms with Crippen molar-refractivity contribution in [3.8, 4) is 0 Å². The van der Waals surface area contributed by atoms with E-state index in [-0.39, 0.29) is 5.41 Å². The molecular weight excluding hydrogens is 248 g/mol. The van der Waals surface area contributed by atoms with E-state index in [1.165, 1.54) is 0 Å². The fourth-order valence-electron chi connectivity index (χ4n) is 2.90. The maximum absolute atomic E-state index is 4.39. The zero-order valence-electron chi connectivity index (χ0n) is 13.4. The highest BCUT2D eigenvalue weighted by atomic mass is 15.3. The predicted molar refractivity (Wildman–Crippen MR) is 82.3 cm³/mol. The lowest BCUT2D eigenvalue weighted by molar-refractivity contribution is 0.0381. The Balaban J connectivity index is 2.13.